The Morgan fingerprint density at radius 3 is 2.55 bits per heavy atom. The molecule has 0 saturated heterocycles. The molecule has 0 atom stereocenters. The molecule has 29 heavy (non-hydrogen) atoms. The molecule has 0 fully saturated rings. The minimum absolute atomic E-state index is 0.128. The number of aryl methyl sites for hydroxylation is 2. The third kappa shape index (κ3) is 5.00. The lowest BCUT2D eigenvalue weighted by Crippen LogP contribution is -2.33. The molecule has 0 bridgehead atoms. The largest absolute Gasteiger partial charge is 0.468 e. The summed E-state index contributed by atoms with van der Waals surface area (Å²) < 4.78 is 10.9. The molecule has 1 aromatic carbocycles. The molecule has 1 aliphatic rings. The monoisotopic (exact) mass is 413 g/mol. The van der Waals surface area contributed by atoms with Crippen molar-refractivity contribution < 1.29 is 18.7 Å². The van der Waals surface area contributed by atoms with E-state index in [1.54, 1.807) is 6.26 Å². The van der Waals surface area contributed by atoms with E-state index in [0.717, 1.165) is 22.5 Å². The zero-order chi connectivity index (χ0) is 21.0. The lowest BCUT2D eigenvalue weighted by Gasteiger charge is -2.16. The van der Waals surface area contributed by atoms with Crippen LogP contribution in [-0.2, 0) is 20.1 Å². The number of furan rings is 1. The van der Waals surface area contributed by atoms with Crippen LogP contribution in [0.1, 0.15) is 42.7 Å². The molecule has 2 aromatic rings. The summed E-state index contributed by atoms with van der Waals surface area (Å²) in [7, 11) is 0. The first kappa shape index (κ1) is 21.4. The number of hydrogen-bond acceptors (Lipinski definition) is 5. The molecule has 2 amide bonds. The smallest absolute Gasteiger partial charge is 0.267 e. The summed E-state index contributed by atoms with van der Waals surface area (Å²) in [5, 5.41) is 0. The number of carbonyl (C=O) groups excluding carboxylic acids is 2. The summed E-state index contributed by atoms with van der Waals surface area (Å²) in [6.07, 6.45) is 2.35. The molecule has 0 aliphatic carbocycles. The highest BCUT2D eigenvalue weighted by Crippen LogP contribution is 2.38. The second-order valence-corrected chi connectivity index (χ2v) is 8.39. The van der Waals surface area contributed by atoms with Crippen molar-refractivity contribution in [2.24, 2.45) is 0 Å². The summed E-state index contributed by atoms with van der Waals surface area (Å²) in [5.41, 5.74) is 3.52. The van der Waals surface area contributed by atoms with Gasteiger partial charge >= 0.3 is 0 Å². The van der Waals surface area contributed by atoms with E-state index in [-0.39, 0.29) is 17.9 Å². The van der Waals surface area contributed by atoms with Gasteiger partial charge in [0.1, 0.15) is 5.76 Å². The van der Waals surface area contributed by atoms with E-state index in [9.17, 15) is 9.59 Å². The number of nitrogens with zero attached hydrogens (tertiary/aromatic N) is 1. The van der Waals surface area contributed by atoms with E-state index < -0.39 is 0 Å². The first-order chi connectivity index (χ1) is 13.9. The lowest BCUT2D eigenvalue weighted by molar-refractivity contribution is -0.136. The maximum absolute atomic E-state index is 13.2. The molecule has 5 nitrogen and oxygen atoms in total. The van der Waals surface area contributed by atoms with Crippen molar-refractivity contribution in [1.29, 1.82) is 0 Å². The number of hydrogen-bond donors (Lipinski definition) is 0. The molecule has 154 valence electrons. The normalized spacial score (nSPS) is 14.6. The third-order valence-electron chi connectivity index (χ3n) is 4.84. The lowest BCUT2D eigenvalue weighted by atomic mass is 10.0. The van der Waals surface area contributed by atoms with Crippen LogP contribution in [0.4, 0.5) is 0 Å². The van der Waals surface area contributed by atoms with Crippen molar-refractivity contribution in [3.63, 3.8) is 0 Å². The van der Waals surface area contributed by atoms with Crippen LogP contribution in [0.2, 0.25) is 0 Å². The third-order valence-corrected chi connectivity index (χ3v) is 5.93. The molecular weight excluding hydrogens is 386 g/mol. The Labute approximate surface area is 176 Å². The average molecular weight is 414 g/mol. The maximum Gasteiger partial charge on any atom is 0.267 e. The van der Waals surface area contributed by atoms with Crippen LogP contribution in [0.25, 0.3) is 5.57 Å². The van der Waals surface area contributed by atoms with Gasteiger partial charge in [-0.15, -0.1) is 11.8 Å². The molecule has 0 unspecified atom stereocenters. The van der Waals surface area contributed by atoms with Gasteiger partial charge in [0.05, 0.1) is 28.6 Å². The van der Waals surface area contributed by atoms with E-state index in [2.05, 4.69) is 0 Å². The topological polar surface area (TPSA) is 59.8 Å². The van der Waals surface area contributed by atoms with Gasteiger partial charge in [0.25, 0.3) is 11.8 Å². The van der Waals surface area contributed by atoms with Crippen LogP contribution < -0.4 is 0 Å². The SMILES string of the molecule is Cc1ccc(C2=C(SCc3ccco3)C(=O)N(CCCOC(C)C)C2=O)cc1C. The van der Waals surface area contributed by atoms with Gasteiger partial charge in [0.15, 0.2) is 0 Å². The van der Waals surface area contributed by atoms with Crippen molar-refractivity contribution >= 4 is 29.1 Å². The minimum Gasteiger partial charge on any atom is -0.468 e. The predicted octanol–water partition coefficient (Wildman–Crippen LogP) is 4.72. The minimum atomic E-state index is -0.232. The summed E-state index contributed by atoms with van der Waals surface area (Å²) >= 11 is 1.36. The Balaban J connectivity index is 1.85. The van der Waals surface area contributed by atoms with E-state index in [1.807, 2.05) is 58.0 Å². The Morgan fingerprint density at radius 2 is 1.90 bits per heavy atom. The number of benzene rings is 1. The van der Waals surface area contributed by atoms with Crippen molar-refractivity contribution in [2.75, 3.05) is 13.2 Å². The van der Waals surface area contributed by atoms with E-state index in [0.29, 0.717) is 35.8 Å². The van der Waals surface area contributed by atoms with Crippen molar-refractivity contribution in [2.45, 2.75) is 46.0 Å². The zero-order valence-electron chi connectivity index (χ0n) is 17.4. The van der Waals surface area contributed by atoms with Gasteiger partial charge in [0.2, 0.25) is 0 Å². The number of rotatable bonds is 9. The van der Waals surface area contributed by atoms with Gasteiger partial charge in [0, 0.05) is 13.2 Å². The average Bonchev–Trinajstić information content (AvgIpc) is 3.27. The Kier molecular flexibility index (Phi) is 6.98. The fourth-order valence-corrected chi connectivity index (χ4v) is 4.16. The maximum atomic E-state index is 13.2. The van der Waals surface area contributed by atoms with Gasteiger partial charge < -0.3 is 9.15 Å². The predicted molar refractivity (Wildman–Crippen MR) is 115 cm³/mol. The van der Waals surface area contributed by atoms with Crippen molar-refractivity contribution in [3.8, 4) is 0 Å². The van der Waals surface area contributed by atoms with E-state index >= 15 is 0 Å². The van der Waals surface area contributed by atoms with Gasteiger partial charge in [-0.25, -0.2) is 0 Å². The molecule has 3 rings (SSSR count). The molecule has 1 aromatic heterocycles. The van der Waals surface area contributed by atoms with Crippen molar-refractivity contribution in [3.05, 3.63) is 64.0 Å². The second-order valence-electron chi connectivity index (χ2n) is 7.41. The molecule has 0 N–H and O–H groups in total. The number of carbonyl (C=O) groups is 2. The van der Waals surface area contributed by atoms with E-state index in [4.69, 9.17) is 9.15 Å². The highest BCUT2D eigenvalue weighted by molar-refractivity contribution is 8.03. The Bertz CT molecular complexity index is 915. The summed E-state index contributed by atoms with van der Waals surface area (Å²) in [6.45, 7) is 8.84. The van der Waals surface area contributed by atoms with Crippen molar-refractivity contribution in [1.82, 2.24) is 4.90 Å². The van der Waals surface area contributed by atoms with Gasteiger partial charge in [-0.2, -0.15) is 0 Å². The molecule has 2 heterocycles. The first-order valence-corrected chi connectivity index (χ1v) is 10.8. The van der Waals surface area contributed by atoms with Gasteiger partial charge in [-0.3, -0.25) is 14.5 Å². The van der Waals surface area contributed by atoms with Crippen LogP contribution in [0.5, 0.6) is 0 Å². The highest BCUT2D eigenvalue weighted by atomic mass is 32.2. The molecule has 6 heteroatoms. The number of ether oxygens (including phenoxy) is 1. The van der Waals surface area contributed by atoms with Crippen LogP contribution in [-0.4, -0.2) is 36.0 Å². The fourth-order valence-electron chi connectivity index (χ4n) is 3.12. The molecule has 0 spiro atoms. The first-order valence-electron chi connectivity index (χ1n) is 9.83. The van der Waals surface area contributed by atoms with Gasteiger partial charge in [-0.1, -0.05) is 18.2 Å². The summed E-state index contributed by atoms with van der Waals surface area (Å²) in [5.74, 6) is 0.806. The van der Waals surface area contributed by atoms with Gasteiger partial charge in [-0.05, 0) is 62.9 Å². The number of thioether (sulfide) groups is 1. The number of imide groups is 1. The number of amides is 2. The van der Waals surface area contributed by atoms with Crippen LogP contribution >= 0.6 is 11.8 Å². The van der Waals surface area contributed by atoms with Crippen LogP contribution in [0, 0.1) is 13.8 Å². The quantitative estimate of drug-likeness (QED) is 0.440. The molecule has 0 radical (unpaired) electrons. The molecule has 1 aliphatic heterocycles. The molecule has 0 saturated carbocycles. The van der Waals surface area contributed by atoms with Crippen LogP contribution in [0.3, 0.4) is 0 Å². The van der Waals surface area contributed by atoms with Crippen LogP contribution in [0.15, 0.2) is 45.9 Å². The summed E-state index contributed by atoms with van der Waals surface area (Å²) in [4.78, 5) is 28.1. The highest BCUT2D eigenvalue weighted by Gasteiger charge is 2.39. The standard InChI is InChI=1S/C23H27NO4S/c1-15(2)27-12-6-10-24-22(25)20(18-9-8-16(3)17(4)13-18)21(23(24)26)29-14-19-7-5-11-28-19/h5,7-9,11,13,15H,6,10,12,14H2,1-4H3. The zero-order valence-corrected chi connectivity index (χ0v) is 18.2. The Hall–Kier alpha value is -2.31. The summed E-state index contributed by atoms with van der Waals surface area (Å²) in [6, 6.07) is 9.57. The van der Waals surface area contributed by atoms with E-state index in [1.165, 1.54) is 16.7 Å². The Morgan fingerprint density at radius 1 is 1.10 bits per heavy atom. The molecular formula is C23H27NO4S. The fraction of sp³-hybridized carbons (Fsp3) is 0.391. The second kappa shape index (κ2) is 9.46.